The molecule has 20 heavy (non-hydrogen) atoms. The SMILES string of the molecule is OCCN(CCO)c1ccc2c(c1)[nH]c1ccccc12. The molecule has 0 bridgehead atoms. The van der Waals surface area contributed by atoms with Crippen molar-refractivity contribution in [1.29, 1.82) is 0 Å². The van der Waals surface area contributed by atoms with E-state index in [2.05, 4.69) is 29.2 Å². The highest BCUT2D eigenvalue weighted by Gasteiger charge is 2.08. The number of nitrogens with one attached hydrogen (secondary N) is 1. The second-order valence-electron chi connectivity index (χ2n) is 4.83. The predicted molar refractivity (Wildman–Crippen MR) is 82.2 cm³/mol. The maximum atomic E-state index is 9.12. The minimum Gasteiger partial charge on any atom is -0.395 e. The van der Waals surface area contributed by atoms with E-state index in [0.717, 1.165) is 16.7 Å². The lowest BCUT2D eigenvalue weighted by Gasteiger charge is -2.22. The Bertz CT molecular complexity index is 715. The number of fused-ring (bicyclic) bond motifs is 3. The Morgan fingerprint density at radius 2 is 1.55 bits per heavy atom. The topological polar surface area (TPSA) is 59.5 Å². The fourth-order valence-corrected chi connectivity index (χ4v) is 2.65. The van der Waals surface area contributed by atoms with Crippen molar-refractivity contribution in [3.8, 4) is 0 Å². The van der Waals surface area contributed by atoms with Crippen molar-refractivity contribution in [2.45, 2.75) is 0 Å². The quantitative estimate of drug-likeness (QED) is 0.665. The van der Waals surface area contributed by atoms with Crippen molar-refractivity contribution in [3.05, 3.63) is 42.5 Å². The lowest BCUT2D eigenvalue weighted by Crippen LogP contribution is -2.29. The number of aromatic amines is 1. The zero-order valence-corrected chi connectivity index (χ0v) is 11.2. The fraction of sp³-hybridized carbons (Fsp3) is 0.250. The number of hydrogen-bond acceptors (Lipinski definition) is 3. The van der Waals surface area contributed by atoms with Gasteiger partial charge in [-0.15, -0.1) is 0 Å². The summed E-state index contributed by atoms with van der Waals surface area (Å²) in [5, 5.41) is 20.6. The van der Waals surface area contributed by atoms with Crippen molar-refractivity contribution in [1.82, 2.24) is 4.98 Å². The number of anilines is 1. The largest absolute Gasteiger partial charge is 0.395 e. The van der Waals surface area contributed by atoms with Crippen LogP contribution in [-0.2, 0) is 0 Å². The van der Waals surface area contributed by atoms with E-state index in [4.69, 9.17) is 10.2 Å². The molecule has 0 spiro atoms. The van der Waals surface area contributed by atoms with E-state index in [0.29, 0.717) is 13.1 Å². The number of H-pyrrole nitrogens is 1. The first-order chi connectivity index (χ1) is 9.83. The molecule has 1 heterocycles. The highest BCUT2D eigenvalue weighted by Crippen LogP contribution is 2.28. The number of para-hydroxylation sites is 1. The summed E-state index contributed by atoms with van der Waals surface area (Å²) in [4.78, 5) is 5.38. The molecule has 1 aromatic heterocycles. The zero-order chi connectivity index (χ0) is 13.9. The maximum absolute atomic E-state index is 9.12. The Morgan fingerprint density at radius 1 is 0.850 bits per heavy atom. The molecule has 0 saturated heterocycles. The van der Waals surface area contributed by atoms with Gasteiger partial charge >= 0.3 is 0 Å². The number of nitrogens with zero attached hydrogens (tertiary/aromatic N) is 1. The molecule has 0 radical (unpaired) electrons. The molecular formula is C16H18N2O2. The van der Waals surface area contributed by atoms with Gasteiger partial charge in [0, 0.05) is 40.6 Å². The molecule has 0 saturated carbocycles. The lowest BCUT2D eigenvalue weighted by atomic mass is 10.1. The molecule has 3 aromatic rings. The van der Waals surface area contributed by atoms with Gasteiger partial charge in [-0.05, 0) is 18.2 Å². The Morgan fingerprint density at radius 3 is 2.30 bits per heavy atom. The Kier molecular flexibility index (Phi) is 3.58. The molecule has 104 valence electrons. The van der Waals surface area contributed by atoms with E-state index < -0.39 is 0 Å². The molecule has 0 unspecified atom stereocenters. The van der Waals surface area contributed by atoms with Crippen LogP contribution in [0.1, 0.15) is 0 Å². The first-order valence-corrected chi connectivity index (χ1v) is 6.80. The number of aliphatic hydroxyl groups excluding tert-OH is 2. The van der Waals surface area contributed by atoms with Gasteiger partial charge in [-0.3, -0.25) is 0 Å². The monoisotopic (exact) mass is 270 g/mol. The van der Waals surface area contributed by atoms with Crippen molar-refractivity contribution in [3.63, 3.8) is 0 Å². The first-order valence-electron chi connectivity index (χ1n) is 6.80. The summed E-state index contributed by atoms with van der Waals surface area (Å²) >= 11 is 0. The molecule has 0 amide bonds. The van der Waals surface area contributed by atoms with Gasteiger partial charge in [0.25, 0.3) is 0 Å². The van der Waals surface area contributed by atoms with Gasteiger partial charge < -0.3 is 20.1 Å². The minimum absolute atomic E-state index is 0.0741. The van der Waals surface area contributed by atoms with Crippen LogP contribution in [-0.4, -0.2) is 41.5 Å². The molecule has 0 aliphatic rings. The molecule has 4 heteroatoms. The summed E-state index contributed by atoms with van der Waals surface area (Å²) < 4.78 is 0. The summed E-state index contributed by atoms with van der Waals surface area (Å²) in [6, 6.07) is 14.4. The molecule has 2 aromatic carbocycles. The van der Waals surface area contributed by atoms with Crippen molar-refractivity contribution in [2.75, 3.05) is 31.2 Å². The third-order valence-corrected chi connectivity index (χ3v) is 3.59. The van der Waals surface area contributed by atoms with Gasteiger partial charge in [-0.1, -0.05) is 24.3 Å². The highest BCUT2D eigenvalue weighted by atomic mass is 16.3. The van der Waals surface area contributed by atoms with Crippen molar-refractivity contribution in [2.24, 2.45) is 0 Å². The van der Waals surface area contributed by atoms with Gasteiger partial charge in [0.15, 0.2) is 0 Å². The van der Waals surface area contributed by atoms with Crippen LogP contribution in [0.5, 0.6) is 0 Å². The Hall–Kier alpha value is -2.04. The van der Waals surface area contributed by atoms with Crippen molar-refractivity contribution >= 4 is 27.5 Å². The molecule has 3 N–H and O–H groups in total. The van der Waals surface area contributed by atoms with E-state index in [1.807, 2.05) is 23.1 Å². The Labute approximate surface area is 117 Å². The van der Waals surface area contributed by atoms with Gasteiger partial charge in [-0.25, -0.2) is 0 Å². The van der Waals surface area contributed by atoms with Crippen LogP contribution in [0.3, 0.4) is 0 Å². The standard InChI is InChI=1S/C16H18N2O2/c19-9-7-18(8-10-20)12-5-6-14-13-3-1-2-4-15(13)17-16(14)11-12/h1-6,11,17,19-20H,7-10H2. The number of aromatic nitrogens is 1. The Balaban J connectivity index is 2.07. The number of rotatable bonds is 5. The second-order valence-corrected chi connectivity index (χ2v) is 4.83. The average molecular weight is 270 g/mol. The van der Waals surface area contributed by atoms with E-state index in [9.17, 15) is 0 Å². The molecule has 0 atom stereocenters. The van der Waals surface area contributed by atoms with Gasteiger partial charge in [0.1, 0.15) is 0 Å². The summed E-state index contributed by atoms with van der Waals surface area (Å²) in [5.74, 6) is 0. The van der Waals surface area contributed by atoms with Crippen LogP contribution in [0.25, 0.3) is 21.8 Å². The first kappa shape index (κ1) is 13.0. The van der Waals surface area contributed by atoms with Crippen LogP contribution in [0.15, 0.2) is 42.5 Å². The minimum atomic E-state index is 0.0741. The molecule has 0 aliphatic carbocycles. The van der Waals surface area contributed by atoms with E-state index in [-0.39, 0.29) is 13.2 Å². The van der Waals surface area contributed by atoms with Crippen LogP contribution < -0.4 is 4.90 Å². The third-order valence-electron chi connectivity index (χ3n) is 3.59. The summed E-state index contributed by atoms with van der Waals surface area (Å²) in [6.45, 7) is 1.19. The number of benzene rings is 2. The van der Waals surface area contributed by atoms with E-state index >= 15 is 0 Å². The zero-order valence-electron chi connectivity index (χ0n) is 11.2. The van der Waals surface area contributed by atoms with Gasteiger partial charge in [0.05, 0.1) is 13.2 Å². The fourth-order valence-electron chi connectivity index (χ4n) is 2.65. The maximum Gasteiger partial charge on any atom is 0.0606 e. The number of hydrogen-bond donors (Lipinski definition) is 3. The highest BCUT2D eigenvalue weighted by molar-refractivity contribution is 6.07. The summed E-state index contributed by atoms with van der Waals surface area (Å²) in [7, 11) is 0. The molecule has 4 nitrogen and oxygen atoms in total. The number of aliphatic hydroxyl groups is 2. The molecule has 0 aliphatic heterocycles. The molecule has 3 rings (SSSR count). The second kappa shape index (κ2) is 5.53. The van der Waals surface area contributed by atoms with Gasteiger partial charge in [-0.2, -0.15) is 0 Å². The smallest absolute Gasteiger partial charge is 0.0606 e. The van der Waals surface area contributed by atoms with Crippen molar-refractivity contribution < 1.29 is 10.2 Å². The summed E-state index contributed by atoms with van der Waals surface area (Å²) in [5.41, 5.74) is 3.20. The van der Waals surface area contributed by atoms with E-state index in [1.54, 1.807) is 0 Å². The third kappa shape index (κ3) is 2.24. The summed E-state index contributed by atoms with van der Waals surface area (Å²) in [6.07, 6.45) is 0. The lowest BCUT2D eigenvalue weighted by molar-refractivity contribution is 0.281. The predicted octanol–water partition coefficient (Wildman–Crippen LogP) is 2.11. The van der Waals surface area contributed by atoms with E-state index in [1.165, 1.54) is 10.8 Å². The van der Waals surface area contributed by atoms with Crippen LogP contribution >= 0.6 is 0 Å². The van der Waals surface area contributed by atoms with Gasteiger partial charge in [0.2, 0.25) is 0 Å². The van der Waals surface area contributed by atoms with Crippen LogP contribution in [0.4, 0.5) is 5.69 Å². The molecule has 0 fully saturated rings. The van der Waals surface area contributed by atoms with Crippen LogP contribution in [0, 0.1) is 0 Å². The van der Waals surface area contributed by atoms with Crippen LogP contribution in [0.2, 0.25) is 0 Å². The normalized spacial score (nSPS) is 11.3. The average Bonchev–Trinajstić information content (AvgIpc) is 2.84. The molecular weight excluding hydrogens is 252 g/mol.